The van der Waals surface area contributed by atoms with Crippen LogP contribution in [0.5, 0.6) is 0 Å². The molecule has 134 valence electrons. The van der Waals surface area contributed by atoms with Crippen LogP contribution < -0.4 is 10.2 Å². The Bertz CT molecular complexity index is 774. The lowest BCUT2D eigenvalue weighted by Crippen LogP contribution is -2.40. The van der Waals surface area contributed by atoms with Crippen molar-refractivity contribution in [3.05, 3.63) is 33.4 Å². The molecule has 2 aromatic rings. The Balaban J connectivity index is 1.68. The number of anilines is 2. The quantitative estimate of drug-likeness (QED) is 0.669. The number of piperidine rings is 1. The minimum absolute atomic E-state index is 0.0620. The molecule has 0 aliphatic carbocycles. The molecule has 9 nitrogen and oxygen atoms in total. The maximum Gasteiger partial charge on any atom is 0.333 e. The summed E-state index contributed by atoms with van der Waals surface area (Å²) in [6.07, 6.45) is 1.76. The van der Waals surface area contributed by atoms with Gasteiger partial charge >= 0.3 is 5.69 Å². The zero-order chi connectivity index (χ0) is 18.1. The molecule has 1 aliphatic heterocycles. The molecular weight excluding hydrogens is 322 g/mol. The van der Waals surface area contributed by atoms with Crippen LogP contribution in [0, 0.1) is 30.9 Å². The van der Waals surface area contributed by atoms with Crippen LogP contribution in [0.1, 0.15) is 30.1 Å². The minimum atomic E-state index is -0.369. The SMILES string of the molecule is Cc1cc(N2CCC(Nc3c([N+](=O)[O-])c(C)nn3C)CC2)nc(C)n1. The molecule has 0 amide bonds. The summed E-state index contributed by atoms with van der Waals surface area (Å²) in [6, 6.07) is 2.17. The molecule has 1 saturated heterocycles. The highest BCUT2D eigenvalue weighted by molar-refractivity contribution is 5.60. The summed E-state index contributed by atoms with van der Waals surface area (Å²) in [5.41, 5.74) is 1.45. The van der Waals surface area contributed by atoms with Gasteiger partial charge < -0.3 is 10.2 Å². The second kappa shape index (κ2) is 6.66. The predicted molar refractivity (Wildman–Crippen MR) is 95.0 cm³/mol. The first-order valence-corrected chi connectivity index (χ1v) is 8.37. The number of rotatable bonds is 4. The highest BCUT2D eigenvalue weighted by Gasteiger charge is 2.28. The summed E-state index contributed by atoms with van der Waals surface area (Å²) < 4.78 is 1.55. The van der Waals surface area contributed by atoms with Gasteiger partial charge in [-0.25, -0.2) is 14.6 Å². The van der Waals surface area contributed by atoms with Gasteiger partial charge in [0, 0.05) is 37.9 Å². The molecular formula is C16H23N7O2. The van der Waals surface area contributed by atoms with Gasteiger partial charge in [0.15, 0.2) is 0 Å². The number of hydrogen-bond donors (Lipinski definition) is 1. The summed E-state index contributed by atoms with van der Waals surface area (Å²) in [5, 5.41) is 18.8. The first-order chi connectivity index (χ1) is 11.8. The topological polar surface area (TPSA) is 102 Å². The molecule has 0 radical (unpaired) electrons. The second-order valence-electron chi connectivity index (χ2n) is 6.48. The van der Waals surface area contributed by atoms with Crippen molar-refractivity contribution in [3.63, 3.8) is 0 Å². The summed E-state index contributed by atoms with van der Waals surface area (Å²) >= 11 is 0. The summed E-state index contributed by atoms with van der Waals surface area (Å²) in [4.78, 5) is 22.0. The van der Waals surface area contributed by atoms with E-state index in [9.17, 15) is 10.1 Å². The van der Waals surface area contributed by atoms with Crippen molar-refractivity contribution in [2.24, 2.45) is 7.05 Å². The van der Waals surface area contributed by atoms with Crippen LogP contribution in [0.15, 0.2) is 6.07 Å². The van der Waals surface area contributed by atoms with Crippen LogP contribution in [0.25, 0.3) is 0 Å². The standard InChI is InChI=1S/C16H23N7O2/c1-10-9-14(18-12(3)17-10)22-7-5-13(6-8-22)19-16-15(23(24)25)11(2)20-21(16)4/h9,13,19H,5-8H2,1-4H3. The molecule has 0 unspecified atom stereocenters. The van der Waals surface area contributed by atoms with Crippen molar-refractivity contribution in [2.45, 2.75) is 39.7 Å². The Hall–Kier alpha value is -2.71. The third-order valence-electron chi connectivity index (χ3n) is 4.49. The molecule has 2 aromatic heterocycles. The molecule has 3 rings (SSSR count). The lowest BCUT2D eigenvalue weighted by molar-refractivity contribution is -0.384. The summed E-state index contributed by atoms with van der Waals surface area (Å²) in [5.74, 6) is 2.21. The van der Waals surface area contributed by atoms with Crippen molar-refractivity contribution in [3.8, 4) is 0 Å². The number of aromatic nitrogens is 4. The zero-order valence-corrected chi connectivity index (χ0v) is 15.0. The number of nitro groups is 1. The van der Waals surface area contributed by atoms with Gasteiger partial charge in [-0.3, -0.25) is 10.1 Å². The molecule has 0 saturated carbocycles. The van der Waals surface area contributed by atoms with E-state index in [-0.39, 0.29) is 16.7 Å². The average molecular weight is 345 g/mol. The molecule has 0 aromatic carbocycles. The van der Waals surface area contributed by atoms with E-state index in [1.807, 2.05) is 19.9 Å². The zero-order valence-electron chi connectivity index (χ0n) is 15.0. The third kappa shape index (κ3) is 3.54. The third-order valence-corrected chi connectivity index (χ3v) is 4.49. The first kappa shape index (κ1) is 17.1. The monoisotopic (exact) mass is 345 g/mol. The molecule has 0 bridgehead atoms. The van der Waals surface area contributed by atoms with E-state index in [2.05, 4.69) is 25.3 Å². The van der Waals surface area contributed by atoms with Gasteiger partial charge in [0.25, 0.3) is 0 Å². The van der Waals surface area contributed by atoms with Crippen LogP contribution in [0.4, 0.5) is 17.3 Å². The van der Waals surface area contributed by atoms with Gasteiger partial charge in [-0.2, -0.15) is 5.10 Å². The first-order valence-electron chi connectivity index (χ1n) is 8.37. The van der Waals surface area contributed by atoms with E-state index in [0.29, 0.717) is 11.5 Å². The fraction of sp³-hybridized carbons (Fsp3) is 0.562. The van der Waals surface area contributed by atoms with Crippen molar-refractivity contribution in [1.29, 1.82) is 0 Å². The van der Waals surface area contributed by atoms with E-state index in [0.717, 1.165) is 43.3 Å². The fourth-order valence-electron chi connectivity index (χ4n) is 3.33. The molecule has 0 atom stereocenters. The van der Waals surface area contributed by atoms with Crippen LogP contribution in [-0.4, -0.2) is 43.8 Å². The summed E-state index contributed by atoms with van der Waals surface area (Å²) in [6.45, 7) is 7.22. The Kier molecular flexibility index (Phi) is 4.56. The smallest absolute Gasteiger partial charge is 0.333 e. The van der Waals surface area contributed by atoms with Crippen LogP contribution >= 0.6 is 0 Å². The number of nitrogens with zero attached hydrogens (tertiary/aromatic N) is 6. The molecule has 3 heterocycles. The van der Waals surface area contributed by atoms with Crippen molar-refractivity contribution >= 4 is 17.3 Å². The van der Waals surface area contributed by atoms with Crippen LogP contribution in [0.3, 0.4) is 0 Å². The number of hydrogen-bond acceptors (Lipinski definition) is 7. The number of aryl methyl sites for hydroxylation is 4. The maximum atomic E-state index is 11.3. The van der Waals surface area contributed by atoms with Crippen molar-refractivity contribution < 1.29 is 4.92 Å². The van der Waals surface area contributed by atoms with E-state index in [1.165, 1.54) is 0 Å². The van der Waals surface area contributed by atoms with Gasteiger partial charge in [-0.05, 0) is 33.6 Å². The largest absolute Gasteiger partial charge is 0.362 e. The Labute approximate surface area is 146 Å². The van der Waals surface area contributed by atoms with Gasteiger partial charge in [0.2, 0.25) is 5.82 Å². The maximum absolute atomic E-state index is 11.3. The van der Waals surface area contributed by atoms with Gasteiger partial charge in [-0.1, -0.05) is 0 Å². The second-order valence-corrected chi connectivity index (χ2v) is 6.48. The average Bonchev–Trinajstić information content (AvgIpc) is 2.81. The lowest BCUT2D eigenvalue weighted by atomic mass is 10.0. The van der Waals surface area contributed by atoms with Crippen LogP contribution in [-0.2, 0) is 7.05 Å². The Morgan fingerprint density at radius 2 is 1.92 bits per heavy atom. The van der Waals surface area contributed by atoms with Gasteiger partial charge in [0.1, 0.15) is 17.3 Å². The highest BCUT2D eigenvalue weighted by Crippen LogP contribution is 2.29. The highest BCUT2D eigenvalue weighted by atomic mass is 16.6. The van der Waals surface area contributed by atoms with Crippen molar-refractivity contribution in [1.82, 2.24) is 19.7 Å². The van der Waals surface area contributed by atoms with E-state index in [4.69, 9.17) is 0 Å². The van der Waals surface area contributed by atoms with Crippen LogP contribution in [0.2, 0.25) is 0 Å². The normalized spacial score (nSPS) is 15.4. The van der Waals surface area contributed by atoms with Gasteiger partial charge in [-0.15, -0.1) is 0 Å². The van der Waals surface area contributed by atoms with Gasteiger partial charge in [0.05, 0.1) is 4.92 Å². The molecule has 25 heavy (non-hydrogen) atoms. The fourth-order valence-corrected chi connectivity index (χ4v) is 3.33. The lowest BCUT2D eigenvalue weighted by Gasteiger charge is -2.33. The molecule has 9 heteroatoms. The van der Waals surface area contributed by atoms with Crippen molar-refractivity contribution in [2.75, 3.05) is 23.3 Å². The van der Waals surface area contributed by atoms with E-state index < -0.39 is 0 Å². The predicted octanol–water partition coefficient (Wildman–Crippen LogP) is 2.12. The summed E-state index contributed by atoms with van der Waals surface area (Å²) in [7, 11) is 1.73. The van der Waals surface area contributed by atoms with E-state index >= 15 is 0 Å². The Morgan fingerprint density at radius 1 is 1.24 bits per heavy atom. The molecule has 1 aliphatic rings. The minimum Gasteiger partial charge on any atom is -0.362 e. The Morgan fingerprint density at radius 3 is 2.52 bits per heavy atom. The molecule has 0 spiro atoms. The number of nitrogens with one attached hydrogen (secondary N) is 1. The van der Waals surface area contributed by atoms with E-state index in [1.54, 1.807) is 18.7 Å². The molecule has 1 fully saturated rings. The molecule has 1 N–H and O–H groups in total.